The average Bonchev–Trinajstić information content (AvgIpc) is 2.67. The van der Waals surface area contributed by atoms with Crippen molar-refractivity contribution < 1.29 is 13.9 Å². The SMILES string of the molecule is C#CCOc1ccc2oc(C(=O)N[C@@H](C)C3CCCCC3)cc(=O)c2c1. The summed E-state index contributed by atoms with van der Waals surface area (Å²) in [6.07, 6.45) is 11.1. The zero-order valence-electron chi connectivity index (χ0n) is 14.9. The van der Waals surface area contributed by atoms with E-state index in [1.807, 2.05) is 6.92 Å². The maximum absolute atomic E-state index is 12.5. The molecule has 0 radical (unpaired) electrons. The first kappa shape index (κ1) is 18.1. The lowest BCUT2D eigenvalue weighted by atomic mass is 9.84. The second-order valence-corrected chi connectivity index (χ2v) is 6.79. The number of rotatable bonds is 5. The lowest BCUT2D eigenvalue weighted by molar-refractivity contribution is 0.0891. The largest absolute Gasteiger partial charge is 0.481 e. The third kappa shape index (κ3) is 4.08. The summed E-state index contributed by atoms with van der Waals surface area (Å²) in [6, 6.07) is 6.14. The fraction of sp³-hybridized carbons (Fsp3) is 0.429. The second kappa shape index (κ2) is 8.09. The molecule has 0 aliphatic heterocycles. The van der Waals surface area contributed by atoms with Gasteiger partial charge in [-0.1, -0.05) is 25.2 Å². The van der Waals surface area contributed by atoms with Crippen molar-refractivity contribution in [2.45, 2.75) is 45.1 Å². The van der Waals surface area contributed by atoms with Crippen molar-refractivity contribution in [3.8, 4) is 18.1 Å². The minimum Gasteiger partial charge on any atom is -0.481 e. The Balaban J connectivity index is 1.78. The van der Waals surface area contributed by atoms with Crippen LogP contribution < -0.4 is 15.5 Å². The number of amides is 1. The summed E-state index contributed by atoms with van der Waals surface area (Å²) in [5.74, 6) is 3.02. The monoisotopic (exact) mass is 353 g/mol. The summed E-state index contributed by atoms with van der Waals surface area (Å²) in [5.41, 5.74) is 0.0638. The normalized spacial score (nSPS) is 16.0. The minimum absolute atomic E-state index is 0.0300. The Labute approximate surface area is 152 Å². The molecule has 1 fully saturated rings. The van der Waals surface area contributed by atoms with Gasteiger partial charge in [0.25, 0.3) is 5.91 Å². The summed E-state index contributed by atoms with van der Waals surface area (Å²) < 4.78 is 11.0. The number of fused-ring (bicyclic) bond motifs is 1. The standard InChI is InChI=1S/C21H23NO4/c1-3-11-25-16-9-10-19-17(12-16)18(23)13-20(26-19)21(24)22-14(2)15-7-5-4-6-8-15/h1,9-10,12-15H,4-8,11H2,2H3,(H,22,24)/t14-/m0/s1. The molecule has 0 spiro atoms. The van der Waals surface area contributed by atoms with Crippen LogP contribution in [0.2, 0.25) is 0 Å². The fourth-order valence-corrected chi connectivity index (χ4v) is 3.49. The Kier molecular flexibility index (Phi) is 5.62. The van der Waals surface area contributed by atoms with Crippen LogP contribution >= 0.6 is 0 Å². The van der Waals surface area contributed by atoms with Gasteiger partial charge < -0.3 is 14.5 Å². The molecule has 1 amide bonds. The van der Waals surface area contributed by atoms with E-state index in [4.69, 9.17) is 15.6 Å². The molecule has 1 heterocycles. The van der Waals surface area contributed by atoms with Crippen LogP contribution in [0.25, 0.3) is 11.0 Å². The highest BCUT2D eigenvalue weighted by atomic mass is 16.5. The van der Waals surface area contributed by atoms with Crippen molar-refractivity contribution in [1.29, 1.82) is 0 Å². The number of nitrogens with one attached hydrogen (secondary N) is 1. The summed E-state index contributed by atoms with van der Waals surface area (Å²) in [5, 5.41) is 3.34. The van der Waals surface area contributed by atoms with Gasteiger partial charge in [-0.25, -0.2) is 0 Å². The van der Waals surface area contributed by atoms with Crippen molar-refractivity contribution >= 4 is 16.9 Å². The van der Waals surface area contributed by atoms with Crippen molar-refractivity contribution in [3.05, 3.63) is 40.2 Å². The quantitative estimate of drug-likeness (QED) is 0.835. The Morgan fingerprint density at radius 1 is 1.35 bits per heavy atom. The Morgan fingerprint density at radius 2 is 2.12 bits per heavy atom. The lowest BCUT2D eigenvalue weighted by Crippen LogP contribution is -2.39. The number of hydrogen-bond donors (Lipinski definition) is 1. The molecule has 1 aliphatic rings. The van der Waals surface area contributed by atoms with Gasteiger partial charge in [0.05, 0.1) is 5.39 Å². The Hall–Kier alpha value is -2.74. The van der Waals surface area contributed by atoms with Gasteiger partial charge in [-0.2, -0.15) is 0 Å². The van der Waals surface area contributed by atoms with Crippen molar-refractivity contribution in [2.75, 3.05) is 6.61 Å². The van der Waals surface area contributed by atoms with E-state index < -0.39 is 0 Å². The summed E-state index contributed by atoms with van der Waals surface area (Å²) in [6.45, 7) is 2.14. The number of ether oxygens (including phenoxy) is 1. The molecule has 26 heavy (non-hydrogen) atoms. The van der Waals surface area contributed by atoms with Crippen LogP contribution in [-0.4, -0.2) is 18.6 Å². The first-order valence-electron chi connectivity index (χ1n) is 9.03. The van der Waals surface area contributed by atoms with Gasteiger partial charge in [0, 0.05) is 12.1 Å². The van der Waals surface area contributed by atoms with E-state index in [1.54, 1.807) is 18.2 Å². The van der Waals surface area contributed by atoms with E-state index in [1.165, 1.54) is 25.3 Å². The van der Waals surface area contributed by atoms with Crippen LogP contribution in [0.5, 0.6) is 5.75 Å². The van der Waals surface area contributed by atoms with Gasteiger partial charge >= 0.3 is 0 Å². The van der Waals surface area contributed by atoms with E-state index in [0.717, 1.165) is 12.8 Å². The van der Waals surface area contributed by atoms with Crippen LogP contribution in [0.4, 0.5) is 0 Å². The molecule has 3 rings (SSSR count). The highest BCUT2D eigenvalue weighted by Crippen LogP contribution is 2.26. The number of carbonyl (C=O) groups is 1. The van der Waals surface area contributed by atoms with E-state index >= 15 is 0 Å². The molecule has 1 N–H and O–H groups in total. The average molecular weight is 353 g/mol. The zero-order valence-corrected chi connectivity index (χ0v) is 14.9. The van der Waals surface area contributed by atoms with E-state index in [-0.39, 0.29) is 29.7 Å². The van der Waals surface area contributed by atoms with Crippen molar-refractivity contribution in [3.63, 3.8) is 0 Å². The van der Waals surface area contributed by atoms with Gasteiger partial charge in [0.1, 0.15) is 17.9 Å². The molecule has 1 saturated carbocycles. The number of benzene rings is 1. The van der Waals surface area contributed by atoms with E-state index in [2.05, 4.69) is 11.2 Å². The van der Waals surface area contributed by atoms with E-state index in [9.17, 15) is 9.59 Å². The number of carbonyl (C=O) groups excluding carboxylic acids is 1. The topological polar surface area (TPSA) is 68.5 Å². The highest BCUT2D eigenvalue weighted by Gasteiger charge is 2.23. The van der Waals surface area contributed by atoms with Crippen LogP contribution in [0.1, 0.15) is 49.6 Å². The van der Waals surface area contributed by atoms with Crippen LogP contribution in [-0.2, 0) is 0 Å². The third-order valence-corrected chi connectivity index (χ3v) is 4.96. The second-order valence-electron chi connectivity index (χ2n) is 6.79. The first-order valence-corrected chi connectivity index (χ1v) is 9.03. The molecule has 5 heteroatoms. The first-order chi connectivity index (χ1) is 12.6. The maximum atomic E-state index is 12.5. The molecule has 1 aromatic heterocycles. The summed E-state index contributed by atoms with van der Waals surface area (Å²) >= 11 is 0. The molecule has 1 aromatic carbocycles. The molecule has 2 aromatic rings. The summed E-state index contributed by atoms with van der Waals surface area (Å²) in [4.78, 5) is 24.9. The molecule has 1 aliphatic carbocycles. The maximum Gasteiger partial charge on any atom is 0.287 e. The Bertz CT molecular complexity index is 887. The molecule has 1 atom stereocenters. The predicted molar refractivity (Wildman–Crippen MR) is 100 cm³/mol. The molecule has 0 bridgehead atoms. The lowest BCUT2D eigenvalue weighted by Gasteiger charge is -2.28. The molecule has 136 valence electrons. The van der Waals surface area contributed by atoms with Gasteiger partial charge in [-0.05, 0) is 43.9 Å². The van der Waals surface area contributed by atoms with Crippen LogP contribution in [0.3, 0.4) is 0 Å². The van der Waals surface area contributed by atoms with Crippen LogP contribution in [0, 0.1) is 18.3 Å². The van der Waals surface area contributed by atoms with Gasteiger partial charge in [-0.15, -0.1) is 6.42 Å². The molecule has 0 unspecified atom stereocenters. The molecular formula is C21H23NO4. The van der Waals surface area contributed by atoms with Gasteiger partial charge in [0.15, 0.2) is 11.2 Å². The van der Waals surface area contributed by atoms with Crippen molar-refractivity contribution in [2.24, 2.45) is 5.92 Å². The molecule has 0 saturated heterocycles. The van der Waals surface area contributed by atoms with Crippen LogP contribution in [0.15, 0.2) is 33.5 Å². The zero-order chi connectivity index (χ0) is 18.5. The molecular weight excluding hydrogens is 330 g/mol. The third-order valence-electron chi connectivity index (χ3n) is 4.96. The number of hydrogen-bond acceptors (Lipinski definition) is 4. The smallest absolute Gasteiger partial charge is 0.287 e. The van der Waals surface area contributed by atoms with Gasteiger partial charge in [-0.3, -0.25) is 9.59 Å². The number of terminal acetylenes is 1. The highest BCUT2D eigenvalue weighted by molar-refractivity contribution is 5.93. The fourth-order valence-electron chi connectivity index (χ4n) is 3.49. The molecule has 5 nitrogen and oxygen atoms in total. The van der Waals surface area contributed by atoms with Crippen molar-refractivity contribution in [1.82, 2.24) is 5.32 Å². The Morgan fingerprint density at radius 3 is 2.85 bits per heavy atom. The predicted octanol–water partition coefficient (Wildman–Crippen LogP) is 3.50. The van der Waals surface area contributed by atoms with E-state index in [0.29, 0.717) is 22.6 Å². The minimum atomic E-state index is -0.352. The summed E-state index contributed by atoms with van der Waals surface area (Å²) in [7, 11) is 0. The van der Waals surface area contributed by atoms with Gasteiger partial charge in [0.2, 0.25) is 0 Å².